The maximum atomic E-state index is 9.65. The molecule has 0 aliphatic heterocycles. The van der Waals surface area contributed by atoms with Crippen LogP contribution in [0.4, 0.5) is 0 Å². The molecule has 0 saturated carbocycles. The Labute approximate surface area is 499 Å². The van der Waals surface area contributed by atoms with Gasteiger partial charge in [0, 0.05) is 49.6 Å². The van der Waals surface area contributed by atoms with E-state index in [-0.39, 0.29) is 26.3 Å². The largest absolute Gasteiger partial charge is 0.293 e. The van der Waals surface area contributed by atoms with Gasteiger partial charge in [0.25, 0.3) is 0 Å². The molecule has 0 saturated heterocycles. The maximum Gasteiger partial charge on any atom is 0.166 e. The van der Waals surface area contributed by atoms with E-state index in [2.05, 4.69) is 169 Å². The molecule has 0 amide bonds. The van der Waals surface area contributed by atoms with Gasteiger partial charge < -0.3 is 0 Å². The van der Waals surface area contributed by atoms with Crippen LogP contribution < -0.4 is 0 Å². The molecule has 7 aromatic carbocycles. The Bertz CT molecular complexity index is 4760. The zero-order valence-corrected chi connectivity index (χ0v) is 49.4. The van der Waals surface area contributed by atoms with Gasteiger partial charge in [0.2, 0.25) is 0 Å². The molecule has 0 atom stereocenters. The Kier molecular flexibility index (Phi) is 12.0. The molecular weight excluding hydrogens is 1090 g/mol. The average Bonchev–Trinajstić information content (AvgIpc) is 4.30. The van der Waals surface area contributed by atoms with Gasteiger partial charge in [-0.2, -0.15) is 0 Å². The van der Waals surface area contributed by atoms with Crippen molar-refractivity contribution < 1.29 is 0 Å². The molecule has 5 heterocycles. The Hall–Kier alpha value is -9.20. The van der Waals surface area contributed by atoms with E-state index >= 15 is 0 Å². The number of fused-ring (bicyclic) bond motifs is 9. The summed E-state index contributed by atoms with van der Waals surface area (Å²) in [5.74, 6) is 0. The molecule has 12 aromatic rings. The van der Waals surface area contributed by atoms with E-state index in [0.29, 0.717) is 42.7 Å². The Morgan fingerprint density at radius 3 is 1.24 bits per heavy atom. The number of hydrogen-bond donors (Lipinski definition) is 2. The summed E-state index contributed by atoms with van der Waals surface area (Å²) in [6.45, 7) is 13.7. The van der Waals surface area contributed by atoms with E-state index in [9.17, 15) is 10.8 Å². The Morgan fingerprint density at radius 1 is 0.321 bits per heavy atom. The molecule has 0 radical (unpaired) electrons. The van der Waals surface area contributed by atoms with Crippen molar-refractivity contribution in [1.29, 1.82) is 10.8 Å². The second-order valence-electron chi connectivity index (χ2n) is 23.4. The fourth-order valence-corrected chi connectivity index (χ4v) is 15.1. The first kappa shape index (κ1) is 51.7. The van der Waals surface area contributed by atoms with Crippen LogP contribution in [0, 0.1) is 10.8 Å². The minimum absolute atomic E-state index is 0.0885. The monoisotopic (exact) mass is 1140 g/mol. The summed E-state index contributed by atoms with van der Waals surface area (Å²) >= 11 is 3.94. The van der Waals surface area contributed by atoms with Gasteiger partial charge in [-0.05, 0) is 151 Å². The van der Waals surface area contributed by atoms with Gasteiger partial charge in [0.15, 0.2) is 10.0 Å². The highest BCUT2D eigenvalue weighted by atomic mass is 32.2. The molecule has 0 unspecified atom stereocenters. The topological polar surface area (TPSA) is 138 Å². The Morgan fingerprint density at radius 2 is 0.714 bits per heavy atom. The van der Waals surface area contributed by atoms with Crippen LogP contribution in [-0.2, 0) is 16.2 Å². The van der Waals surface area contributed by atoms with Crippen molar-refractivity contribution in [2.45, 2.75) is 57.8 Å². The summed E-state index contributed by atoms with van der Waals surface area (Å²) in [6, 6.07) is 69.7. The van der Waals surface area contributed by atoms with E-state index < -0.39 is 0 Å². The minimum atomic E-state index is -0.162. The van der Waals surface area contributed by atoms with E-state index in [1.807, 2.05) is 72.8 Å². The van der Waals surface area contributed by atoms with Crippen LogP contribution in [-0.4, -0.2) is 45.4 Å². The lowest BCUT2D eigenvalue weighted by molar-refractivity contribution is 0.660. The molecule has 5 aromatic heterocycles. The SMILES string of the molecule is CC1(C)c2ccccc2-c2cc(-c3cccc(-c4nnc(-c5cc(C(=N)SC(=N)c6cccc(-c7ccc8c(c7)C(C)(C)c7ccccc7-8)n6)cc(-c6nnc(-c7cccc(-c8ccc9c(c8)C(C)(C)c8ccccc8-9)n7)s6)c5)s4)n3)ccc21. The van der Waals surface area contributed by atoms with Gasteiger partial charge in [-0.3, -0.25) is 10.8 Å². The van der Waals surface area contributed by atoms with Crippen LogP contribution in [0.5, 0.6) is 0 Å². The normalized spacial score (nSPS) is 14.3. The molecule has 0 spiro atoms. The molecule has 0 fully saturated rings. The molecule has 3 aliphatic rings. The molecule has 2 N–H and O–H groups in total. The number of aromatic nitrogens is 7. The standard InChI is InChI=1S/C72H53N9S3/c1-70(2)54-21-12-9-18-48(54)51-37-40(30-33-55(51)70)58-23-14-26-62(76-58)68-80-78-66(83-68)44-34-43(64(73)82-65(74)61-25-13-22-59(75-61)41-28-31-49-46-16-7-10-19-52(46)71(3,4)56(49)38-41)35-45(36-44)67-79-81-69(84-67)63-27-15-24-60(77-63)42-29-32-50-47-17-8-11-20-53(47)72(5,6)57(50)39-42/h7-39,73-74H,1-6H3. The third-order valence-corrected chi connectivity index (χ3v) is 20.1. The molecule has 0 bridgehead atoms. The van der Waals surface area contributed by atoms with Crippen molar-refractivity contribution in [3.63, 3.8) is 0 Å². The molecule has 404 valence electrons. The van der Waals surface area contributed by atoms with E-state index in [1.54, 1.807) is 0 Å². The van der Waals surface area contributed by atoms with Gasteiger partial charge in [-0.25, -0.2) is 15.0 Å². The van der Waals surface area contributed by atoms with Crippen molar-refractivity contribution in [1.82, 2.24) is 35.3 Å². The maximum absolute atomic E-state index is 9.65. The molecule has 9 nitrogen and oxygen atoms in total. The van der Waals surface area contributed by atoms with E-state index in [0.717, 1.165) is 56.7 Å². The zero-order valence-electron chi connectivity index (χ0n) is 46.9. The van der Waals surface area contributed by atoms with Gasteiger partial charge in [-0.1, -0.05) is 192 Å². The highest BCUT2D eigenvalue weighted by molar-refractivity contribution is 8.27. The number of thioether (sulfide) groups is 1. The molecular formula is C72H53N9S3. The lowest BCUT2D eigenvalue weighted by atomic mass is 9.82. The molecule has 12 heteroatoms. The number of nitrogens with zero attached hydrogens (tertiary/aromatic N) is 7. The van der Waals surface area contributed by atoms with Crippen LogP contribution in [0.2, 0.25) is 0 Å². The highest BCUT2D eigenvalue weighted by Gasteiger charge is 2.38. The van der Waals surface area contributed by atoms with Crippen molar-refractivity contribution in [3.05, 3.63) is 245 Å². The summed E-state index contributed by atoms with van der Waals surface area (Å²) in [4.78, 5) is 15.4. The van der Waals surface area contributed by atoms with Crippen LogP contribution in [0.3, 0.4) is 0 Å². The summed E-state index contributed by atoms with van der Waals surface area (Å²) in [5.41, 5.74) is 24.5. The predicted octanol–water partition coefficient (Wildman–Crippen LogP) is 18.2. The third kappa shape index (κ3) is 8.45. The van der Waals surface area contributed by atoms with Crippen molar-refractivity contribution in [2.75, 3.05) is 0 Å². The average molecular weight is 1140 g/mol. The lowest BCUT2D eigenvalue weighted by Crippen LogP contribution is -2.15. The van der Waals surface area contributed by atoms with Crippen LogP contribution in [0.1, 0.15) is 86.2 Å². The number of rotatable bonds is 9. The lowest BCUT2D eigenvalue weighted by Gasteiger charge is -2.21. The first-order valence-electron chi connectivity index (χ1n) is 28.0. The molecule has 3 aliphatic carbocycles. The third-order valence-electron chi connectivity index (χ3n) is 17.3. The first-order valence-corrected chi connectivity index (χ1v) is 30.5. The van der Waals surface area contributed by atoms with Gasteiger partial charge in [0.05, 0.1) is 22.8 Å². The summed E-state index contributed by atoms with van der Waals surface area (Å²) < 4.78 is 0. The van der Waals surface area contributed by atoms with Crippen LogP contribution >= 0.6 is 34.4 Å². The molecule has 84 heavy (non-hydrogen) atoms. The van der Waals surface area contributed by atoms with Gasteiger partial charge >= 0.3 is 0 Å². The second-order valence-corrected chi connectivity index (χ2v) is 26.4. The Balaban J connectivity index is 0.752. The van der Waals surface area contributed by atoms with Gasteiger partial charge in [-0.15, -0.1) is 20.4 Å². The van der Waals surface area contributed by atoms with Crippen molar-refractivity contribution in [2.24, 2.45) is 0 Å². The fourth-order valence-electron chi connectivity index (χ4n) is 12.9. The predicted molar refractivity (Wildman–Crippen MR) is 345 cm³/mol. The summed E-state index contributed by atoms with van der Waals surface area (Å²) in [7, 11) is 0. The molecule has 15 rings (SSSR count). The van der Waals surface area contributed by atoms with Crippen LogP contribution in [0.25, 0.3) is 110 Å². The highest BCUT2D eigenvalue weighted by Crippen LogP contribution is 2.52. The van der Waals surface area contributed by atoms with Crippen molar-refractivity contribution >= 4 is 44.5 Å². The minimum Gasteiger partial charge on any atom is -0.293 e. The summed E-state index contributed by atoms with van der Waals surface area (Å²) in [6.07, 6.45) is 0. The van der Waals surface area contributed by atoms with Crippen LogP contribution in [0.15, 0.2) is 200 Å². The number of nitrogens with one attached hydrogen (secondary N) is 2. The quantitative estimate of drug-likeness (QED) is 0.108. The zero-order chi connectivity index (χ0) is 57.2. The second kappa shape index (κ2) is 19.5. The van der Waals surface area contributed by atoms with Gasteiger partial charge in [0.1, 0.15) is 31.5 Å². The van der Waals surface area contributed by atoms with E-state index in [4.69, 9.17) is 35.3 Å². The summed E-state index contributed by atoms with van der Waals surface area (Å²) in [5, 5.41) is 41.0. The number of benzene rings is 7. The smallest absolute Gasteiger partial charge is 0.166 e. The van der Waals surface area contributed by atoms with Crippen molar-refractivity contribution in [3.8, 4) is 110 Å². The number of hydrogen-bond acceptors (Lipinski definition) is 12. The fraction of sp³-hybridized carbons (Fsp3) is 0.125. The first-order chi connectivity index (χ1) is 40.7. The van der Waals surface area contributed by atoms with E-state index in [1.165, 1.54) is 89.4 Å². The number of pyridine rings is 3.